The largest absolute Gasteiger partial charge is 0.494 e. The highest BCUT2D eigenvalue weighted by Crippen LogP contribution is 2.45. The molecule has 0 saturated carbocycles. The topological polar surface area (TPSA) is 414 Å². The number of hydrogen-bond donors (Lipinski definition) is 8. The van der Waals surface area contributed by atoms with Crippen molar-refractivity contribution in [2.24, 2.45) is 20.5 Å². The van der Waals surface area contributed by atoms with E-state index >= 15 is 0 Å². The number of Topliss-reactive ketones (excluding diaryl/α,β-unsaturated/α-hetero) is 2. The van der Waals surface area contributed by atoms with Gasteiger partial charge in [0.2, 0.25) is 28.1 Å². The van der Waals surface area contributed by atoms with Crippen LogP contribution >= 0.6 is 22.7 Å². The lowest BCUT2D eigenvalue weighted by atomic mass is 10.1. The predicted octanol–water partition coefficient (Wildman–Crippen LogP) is 11.3. The Bertz CT molecular complexity index is 4320. The maximum Gasteiger partial charge on any atom is 0.294 e. The lowest BCUT2D eigenvalue weighted by molar-refractivity contribution is -0.120. The van der Waals surface area contributed by atoms with Gasteiger partial charge in [-0.25, -0.2) is 0 Å². The number of nitrogens with one attached hydrogen (secondary N) is 4. The molecule has 0 unspecified atom stereocenters. The Kier molecular flexibility index (Phi) is 26.5. The molecule has 8 N–H and O–H groups in total. The van der Waals surface area contributed by atoms with E-state index in [9.17, 15) is 55.3 Å². The molecule has 0 spiro atoms. The number of benzene rings is 4. The van der Waals surface area contributed by atoms with E-state index in [-0.39, 0.29) is 88.3 Å². The van der Waals surface area contributed by atoms with Crippen LogP contribution in [0.1, 0.15) is 89.8 Å². The Balaban J connectivity index is 1.13. The number of methoxy groups -OCH3 is 2. The van der Waals surface area contributed by atoms with E-state index in [1.165, 1.54) is 64.5 Å². The minimum absolute atomic E-state index is 0.00646. The van der Waals surface area contributed by atoms with Gasteiger partial charge in [-0.2, -0.15) is 41.8 Å². The molecule has 7 aromatic rings. The zero-order valence-corrected chi connectivity index (χ0v) is 61.3. The second kappa shape index (κ2) is 35.3. The fourth-order valence-corrected chi connectivity index (χ4v) is 14.1. The molecule has 548 valence electrons. The third kappa shape index (κ3) is 19.8. The van der Waals surface area contributed by atoms with Gasteiger partial charge in [-0.05, 0) is 141 Å². The lowest BCUT2D eigenvalue weighted by Gasteiger charge is -2.27. The molecule has 0 atom stereocenters. The highest BCUT2D eigenvalue weighted by molar-refractivity contribution is 7.86. The second-order valence-electron chi connectivity index (χ2n) is 23.4. The molecule has 9 rings (SSSR count). The number of anilines is 11. The van der Waals surface area contributed by atoms with Crippen LogP contribution in [0.15, 0.2) is 114 Å². The van der Waals surface area contributed by atoms with E-state index in [2.05, 4.69) is 41.3 Å². The first kappa shape index (κ1) is 77.2. The Morgan fingerprint density at radius 3 is 1.27 bits per heavy atom. The van der Waals surface area contributed by atoms with E-state index in [0.717, 1.165) is 85.5 Å². The maximum absolute atomic E-state index is 13.9. The van der Waals surface area contributed by atoms with Crippen LogP contribution < -0.4 is 55.2 Å². The Morgan fingerprint density at radius 2 is 0.932 bits per heavy atom. The number of ether oxygens (including phenoxy) is 2. The van der Waals surface area contributed by atoms with Gasteiger partial charge < -0.3 is 65.5 Å². The first-order valence-corrected chi connectivity index (χ1v) is 37.7. The molecule has 5 heterocycles. The van der Waals surface area contributed by atoms with Crippen LogP contribution in [0, 0.1) is 0 Å². The molecular formula is C67H82N18O14S4. The molecule has 0 radical (unpaired) electrons. The van der Waals surface area contributed by atoms with Crippen LogP contribution in [-0.2, 0) is 39.4 Å². The highest BCUT2D eigenvalue weighted by Gasteiger charge is 2.28. The molecule has 0 bridgehead atoms. The summed E-state index contributed by atoms with van der Waals surface area (Å²) in [5.41, 5.74) is 1.88. The van der Waals surface area contributed by atoms with Gasteiger partial charge >= 0.3 is 0 Å². The SMILES string of the molecule is CCN(CC)c1cc(Nc2nc(Nc3cc(N(CC)CC)c(OC)cc3N=Nc3nc(N4CCCCC4)c(C=C(C(C)=O)C(=O)Nc4cccc(S(=O)(=O)O)c4)s3)nc(N(CCO)CCO)n2)c(N=Nc2nc(N3CCCCC3)c(C=C(C(C)=O)C(=O)Nc3cccc(S(=O)(=O)O)c3)s2)cc1OC. The van der Waals surface area contributed by atoms with Crippen molar-refractivity contribution in [3.05, 3.63) is 93.7 Å². The van der Waals surface area contributed by atoms with Gasteiger partial charge in [0.05, 0.1) is 80.9 Å². The van der Waals surface area contributed by atoms with Crippen LogP contribution in [0.25, 0.3) is 12.2 Å². The fraction of sp³-hybridized carbons (Fsp3) is 0.388. The number of carbonyl (C=O) groups excluding carboxylic acids is 4. The standard InChI is InChI=1S/C67H82N18O14S4/c1-9-81(10-2)53-37-49(51(39-55(53)98-7)77-79-66-72-59(83-25-15-13-16-26-83)57(100-66)35-47(41(5)88)61(90)68-43-21-19-23-45(33-43)102(92,93)94)70-63-74-64(76-65(75-63)85(29-31-86)30-32-87)71-50-38-54(82(11-3)12-4)56(99-8)40-52(50)78-80-67-73-60(84-27-17-14-18-28-84)58(101-67)36-48(42(6)89)62(91)69-44-22-20-24-46(34-44)103(95,96)97/h19-24,33-40,86-87H,9-18,25-32H2,1-8H3,(H,68,90)(H,69,91)(H,92,93,94)(H,95,96,97)(H2,70,71,74,75,76). The summed E-state index contributed by atoms with van der Waals surface area (Å²) in [5, 5.41) is 51.7. The summed E-state index contributed by atoms with van der Waals surface area (Å²) in [6.07, 6.45) is 8.19. The summed E-state index contributed by atoms with van der Waals surface area (Å²) >= 11 is 2.13. The second-order valence-corrected chi connectivity index (χ2v) is 28.3. The molecular weight excluding hydrogens is 1410 g/mol. The van der Waals surface area contributed by atoms with Gasteiger partial charge in [0.25, 0.3) is 32.1 Å². The number of aromatic nitrogens is 5. The smallest absolute Gasteiger partial charge is 0.294 e. The van der Waals surface area contributed by atoms with Gasteiger partial charge in [-0.15, -0.1) is 20.5 Å². The van der Waals surface area contributed by atoms with E-state index in [4.69, 9.17) is 44.6 Å². The number of piperidine rings is 2. The Hall–Kier alpha value is -9.95. The first-order chi connectivity index (χ1) is 49.4. The zero-order chi connectivity index (χ0) is 74.1. The van der Waals surface area contributed by atoms with Crippen molar-refractivity contribution >= 4 is 164 Å². The highest BCUT2D eigenvalue weighted by atomic mass is 32.2. The van der Waals surface area contributed by atoms with Crippen molar-refractivity contribution in [3.8, 4) is 11.5 Å². The number of rotatable bonds is 33. The summed E-state index contributed by atoms with van der Waals surface area (Å²) in [6.45, 7) is 14.5. The van der Waals surface area contributed by atoms with E-state index in [1.807, 2.05) is 37.5 Å². The van der Waals surface area contributed by atoms with Crippen LogP contribution in [0.5, 0.6) is 11.5 Å². The number of aliphatic hydroxyl groups excluding tert-OH is 2. The lowest BCUT2D eigenvalue weighted by Crippen LogP contribution is -2.31. The van der Waals surface area contributed by atoms with Crippen molar-refractivity contribution in [3.63, 3.8) is 0 Å². The number of thiazole rings is 2. The molecule has 2 fully saturated rings. The third-order valence-electron chi connectivity index (χ3n) is 16.6. The van der Waals surface area contributed by atoms with E-state index in [1.54, 1.807) is 29.2 Å². The molecule has 2 aliphatic rings. The summed E-state index contributed by atoms with van der Waals surface area (Å²) < 4.78 is 79.1. The van der Waals surface area contributed by atoms with E-state index < -0.39 is 53.4 Å². The quantitative estimate of drug-likeness (QED) is 0.00623. The van der Waals surface area contributed by atoms with Gasteiger partial charge in [0.15, 0.2) is 11.6 Å². The van der Waals surface area contributed by atoms with E-state index in [0.29, 0.717) is 108 Å². The third-order valence-corrected chi connectivity index (χ3v) is 20.0. The molecule has 2 amide bonds. The number of nitrogens with zero attached hydrogens (tertiary/aromatic N) is 14. The van der Waals surface area contributed by atoms with Crippen LogP contribution in [0.3, 0.4) is 0 Å². The fourth-order valence-electron chi connectivity index (χ4n) is 11.4. The van der Waals surface area contributed by atoms with Crippen LogP contribution in [0.2, 0.25) is 0 Å². The first-order valence-electron chi connectivity index (χ1n) is 33.2. The summed E-state index contributed by atoms with van der Waals surface area (Å²) in [6, 6.07) is 16.9. The minimum Gasteiger partial charge on any atom is -0.494 e. The zero-order valence-electron chi connectivity index (χ0n) is 58.1. The number of hydrogen-bond acceptors (Lipinski definition) is 30. The van der Waals surface area contributed by atoms with Crippen LogP contribution in [0.4, 0.5) is 85.2 Å². The Morgan fingerprint density at radius 1 is 0.544 bits per heavy atom. The molecule has 4 aromatic carbocycles. The van der Waals surface area contributed by atoms with Crippen molar-refractivity contribution < 1.29 is 64.8 Å². The summed E-state index contributed by atoms with van der Waals surface area (Å²) in [5.74, 6) is -1.17. The number of azo groups is 2. The molecule has 36 heteroatoms. The number of amides is 2. The van der Waals surface area contributed by atoms with Crippen molar-refractivity contribution in [1.29, 1.82) is 0 Å². The van der Waals surface area contributed by atoms with Crippen LogP contribution in [-0.4, -0.2) is 177 Å². The molecule has 2 aliphatic heterocycles. The summed E-state index contributed by atoms with van der Waals surface area (Å²) in [7, 11) is -6.18. The predicted molar refractivity (Wildman–Crippen MR) is 398 cm³/mol. The summed E-state index contributed by atoms with van der Waals surface area (Å²) in [4.78, 5) is 88.5. The molecule has 2 saturated heterocycles. The average Bonchev–Trinajstić information content (AvgIpc) is 1.72. The van der Waals surface area contributed by atoms with Crippen molar-refractivity contribution in [2.75, 3.05) is 139 Å². The number of ketones is 2. The van der Waals surface area contributed by atoms with Gasteiger partial charge in [0.1, 0.15) is 34.5 Å². The number of carbonyl (C=O) groups is 4. The monoisotopic (exact) mass is 1490 g/mol. The van der Waals surface area contributed by atoms with Crippen molar-refractivity contribution in [2.45, 2.75) is 89.9 Å². The van der Waals surface area contributed by atoms with Crippen molar-refractivity contribution in [1.82, 2.24) is 24.9 Å². The van der Waals surface area contributed by atoms with Gasteiger partial charge in [-0.3, -0.25) is 28.3 Å². The normalized spacial score (nSPS) is 13.9. The van der Waals surface area contributed by atoms with Gasteiger partial charge in [-0.1, -0.05) is 34.8 Å². The minimum atomic E-state index is -4.61. The maximum atomic E-state index is 13.9. The Labute approximate surface area is 604 Å². The number of aliphatic hydroxyl groups is 2. The molecule has 103 heavy (non-hydrogen) atoms. The molecule has 32 nitrogen and oxygen atoms in total. The van der Waals surface area contributed by atoms with Gasteiger partial charge in [0, 0.05) is 89.0 Å². The molecule has 0 aliphatic carbocycles. The molecule has 3 aromatic heterocycles. The average molecular weight is 1490 g/mol.